The van der Waals surface area contributed by atoms with E-state index in [4.69, 9.17) is 15.3 Å². The minimum absolute atomic E-state index is 0.190. The Hall–Kier alpha value is -2.66. The quantitative estimate of drug-likeness (QED) is 0.327. The monoisotopic (exact) mass is 430 g/mol. The fourth-order valence-corrected chi connectivity index (χ4v) is 2.84. The summed E-state index contributed by atoms with van der Waals surface area (Å²) in [6.07, 6.45) is 13.3. The third kappa shape index (κ3) is 16.8. The number of carboxylic acid groups (broad SMARTS) is 2. The largest absolute Gasteiger partial charge is 0.478 e. The average Bonchev–Trinajstić information content (AvgIpc) is 2.80. The fourth-order valence-electron chi connectivity index (χ4n) is 2.84. The molecule has 5 nitrogen and oxygen atoms in total. The number of rotatable bonds is 12. The van der Waals surface area contributed by atoms with E-state index in [-0.39, 0.29) is 11.1 Å². The Bertz CT molecular complexity index is 615. The van der Waals surface area contributed by atoms with E-state index in [1.54, 1.807) is 0 Å². The van der Waals surface area contributed by atoms with Crippen LogP contribution in [0.3, 0.4) is 0 Å². The van der Waals surface area contributed by atoms with E-state index in [9.17, 15) is 9.59 Å². The molecule has 0 bridgehead atoms. The molecule has 0 heterocycles. The van der Waals surface area contributed by atoms with Gasteiger partial charge in [0, 0.05) is 6.61 Å². The molecule has 0 unspecified atom stereocenters. The first kappa shape index (κ1) is 28.3. The summed E-state index contributed by atoms with van der Waals surface area (Å²) in [4.78, 5) is 20.9. The van der Waals surface area contributed by atoms with Crippen LogP contribution in [0.1, 0.15) is 91.8 Å². The Morgan fingerprint density at radius 1 is 0.581 bits per heavy atom. The van der Waals surface area contributed by atoms with Crippen molar-refractivity contribution in [2.45, 2.75) is 71.1 Å². The van der Waals surface area contributed by atoms with Gasteiger partial charge in [-0.05, 0) is 18.6 Å². The van der Waals surface area contributed by atoms with Gasteiger partial charge in [-0.2, -0.15) is 0 Å². The number of aliphatic hydroxyl groups excluding tert-OH is 1. The molecule has 0 aliphatic rings. The van der Waals surface area contributed by atoms with Crippen LogP contribution in [0.4, 0.5) is 0 Å². The average molecular weight is 431 g/mol. The van der Waals surface area contributed by atoms with Crippen molar-refractivity contribution in [2.75, 3.05) is 6.61 Å². The van der Waals surface area contributed by atoms with E-state index >= 15 is 0 Å². The number of carboxylic acids is 2. The van der Waals surface area contributed by atoms with Gasteiger partial charge in [-0.15, -0.1) is 0 Å². The molecule has 2 rings (SSSR count). The molecular formula is C26H38O5. The van der Waals surface area contributed by atoms with Gasteiger partial charge in [-0.1, -0.05) is 113 Å². The number of carbonyl (C=O) groups is 2. The normalized spacial score (nSPS) is 9.61. The number of aromatic carboxylic acids is 2. The smallest absolute Gasteiger partial charge is 0.336 e. The van der Waals surface area contributed by atoms with Crippen LogP contribution in [-0.4, -0.2) is 33.9 Å². The van der Waals surface area contributed by atoms with E-state index in [0.717, 1.165) is 6.42 Å². The molecule has 0 spiro atoms. The highest BCUT2D eigenvalue weighted by Gasteiger charge is 2.13. The number of unbranched alkanes of at least 4 members (excludes halogenated alkanes) is 9. The van der Waals surface area contributed by atoms with Crippen LogP contribution in [0.15, 0.2) is 60.7 Å². The number of benzene rings is 2. The minimum Gasteiger partial charge on any atom is -0.478 e. The number of hydrogen-bond donors (Lipinski definition) is 3. The molecular weight excluding hydrogens is 392 g/mol. The summed E-state index contributed by atoms with van der Waals surface area (Å²) in [5.41, 5.74) is -0.380. The molecule has 3 N–H and O–H groups in total. The summed E-state index contributed by atoms with van der Waals surface area (Å²) in [6, 6.07) is 17.5. The summed E-state index contributed by atoms with van der Waals surface area (Å²) >= 11 is 0. The third-order valence-corrected chi connectivity index (χ3v) is 4.57. The zero-order valence-corrected chi connectivity index (χ0v) is 18.7. The molecule has 0 saturated carbocycles. The van der Waals surface area contributed by atoms with Gasteiger partial charge in [-0.25, -0.2) is 9.59 Å². The maximum absolute atomic E-state index is 10.5. The van der Waals surface area contributed by atoms with Gasteiger partial charge in [0.2, 0.25) is 0 Å². The molecule has 0 saturated heterocycles. The molecule has 0 atom stereocenters. The third-order valence-electron chi connectivity index (χ3n) is 4.57. The van der Waals surface area contributed by atoms with Crippen molar-refractivity contribution >= 4 is 11.9 Å². The molecule has 2 aromatic carbocycles. The van der Waals surface area contributed by atoms with Crippen molar-refractivity contribution in [3.05, 3.63) is 71.8 Å². The summed E-state index contributed by atoms with van der Waals surface area (Å²) in [5.74, 6) is -2.46. The van der Waals surface area contributed by atoms with Crippen LogP contribution in [0.5, 0.6) is 0 Å². The van der Waals surface area contributed by atoms with Gasteiger partial charge >= 0.3 is 11.9 Å². The van der Waals surface area contributed by atoms with Crippen LogP contribution >= 0.6 is 0 Å². The van der Waals surface area contributed by atoms with E-state index in [0.29, 0.717) is 6.61 Å². The first-order chi connectivity index (χ1) is 15.0. The van der Waals surface area contributed by atoms with Crippen molar-refractivity contribution in [1.82, 2.24) is 0 Å². The predicted molar refractivity (Wildman–Crippen MR) is 126 cm³/mol. The Kier molecular flexibility index (Phi) is 18.8. The Balaban J connectivity index is 0.000000461. The number of hydrogen-bond acceptors (Lipinski definition) is 3. The second-order valence-corrected chi connectivity index (χ2v) is 7.22. The van der Waals surface area contributed by atoms with Crippen LogP contribution < -0.4 is 0 Å². The summed E-state index contributed by atoms with van der Waals surface area (Å²) in [7, 11) is 0. The van der Waals surface area contributed by atoms with Crippen LogP contribution in [0, 0.1) is 0 Å². The van der Waals surface area contributed by atoms with Crippen LogP contribution in [-0.2, 0) is 0 Å². The van der Waals surface area contributed by atoms with E-state index in [1.807, 2.05) is 36.4 Å². The zero-order chi connectivity index (χ0) is 23.2. The van der Waals surface area contributed by atoms with Gasteiger partial charge in [0.25, 0.3) is 0 Å². The standard InChI is InChI=1S/C12H26O.C8H6O4.C6H6/c1-2-3-4-5-6-7-8-9-10-11-12-13;9-7(10)5-3-1-2-4-6(5)8(11)12;1-2-4-6-5-3-1/h13H,2-12H2,1H3;1-4H,(H,9,10)(H,11,12);1-6H. The van der Waals surface area contributed by atoms with Gasteiger partial charge in [0.05, 0.1) is 11.1 Å². The van der Waals surface area contributed by atoms with Crippen molar-refractivity contribution < 1.29 is 24.9 Å². The van der Waals surface area contributed by atoms with E-state index < -0.39 is 11.9 Å². The SMILES string of the molecule is CCCCCCCCCCCCO.O=C(O)c1ccccc1C(=O)O.c1ccccc1. The lowest BCUT2D eigenvalue weighted by molar-refractivity contribution is 0.0651. The highest BCUT2D eigenvalue weighted by atomic mass is 16.4. The molecule has 5 heteroatoms. The Labute approximate surface area is 186 Å². The van der Waals surface area contributed by atoms with Crippen molar-refractivity contribution in [1.29, 1.82) is 0 Å². The molecule has 0 radical (unpaired) electrons. The van der Waals surface area contributed by atoms with Crippen LogP contribution in [0.2, 0.25) is 0 Å². The predicted octanol–water partition coefficient (Wildman–Crippen LogP) is 6.67. The Morgan fingerprint density at radius 3 is 1.19 bits per heavy atom. The summed E-state index contributed by atoms with van der Waals surface area (Å²) in [6.45, 7) is 2.63. The summed E-state index contributed by atoms with van der Waals surface area (Å²) in [5, 5.41) is 25.7. The lowest BCUT2D eigenvalue weighted by Crippen LogP contribution is -2.06. The number of aliphatic hydroxyl groups is 1. The van der Waals surface area contributed by atoms with Gasteiger partial charge < -0.3 is 15.3 Å². The van der Waals surface area contributed by atoms with Gasteiger partial charge in [0.1, 0.15) is 0 Å². The second kappa shape index (κ2) is 20.6. The second-order valence-electron chi connectivity index (χ2n) is 7.22. The maximum Gasteiger partial charge on any atom is 0.336 e. The first-order valence-corrected chi connectivity index (χ1v) is 11.2. The highest BCUT2D eigenvalue weighted by Crippen LogP contribution is 2.10. The molecule has 0 amide bonds. The van der Waals surface area contributed by atoms with E-state index in [2.05, 4.69) is 6.92 Å². The molecule has 0 aromatic heterocycles. The molecule has 0 aliphatic carbocycles. The van der Waals surface area contributed by atoms with Gasteiger partial charge in [-0.3, -0.25) is 0 Å². The van der Waals surface area contributed by atoms with Crippen LogP contribution in [0.25, 0.3) is 0 Å². The molecule has 0 aliphatic heterocycles. The zero-order valence-electron chi connectivity index (χ0n) is 18.7. The maximum atomic E-state index is 10.5. The minimum atomic E-state index is -1.23. The first-order valence-electron chi connectivity index (χ1n) is 11.2. The van der Waals surface area contributed by atoms with Crippen molar-refractivity contribution in [2.24, 2.45) is 0 Å². The Morgan fingerprint density at radius 2 is 0.903 bits per heavy atom. The lowest BCUT2D eigenvalue weighted by Gasteiger charge is -2.00. The van der Waals surface area contributed by atoms with E-state index in [1.165, 1.54) is 82.1 Å². The summed E-state index contributed by atoms with van der Waals surface area (Å²) < 4.78 is 0. The lowest BCUT2D eigenvalue weighted by atomic mass is 10.1. The molecule has 31 heavy (non-hydrogen) atoms. The molecule has 0 fully saturated rings. The highest BCUT2D eigenvalue weighted by molar-refractivity contribution is 6.01. The topological polar surface area (TPSA) is 94.8 Å². The van der Waals surface area contributed by atoms with Gasteiger partial charge in [0.15, 0.2) is 0 Å². The van der Waals surface area contributed by atoms with Crippen molar-refractivity contribution in [3.8, 4) is 0 Å². The van der Waals surface area contributed by atoms with Crippen molar-refractivity contribution in [3.63, 3.8) is 0 Å². The molecule has 2 aromatic rings. The fraction of sp³-hybridized carbons (Fsp3) is 0.462. The molecule has 172 valence electrons.